The third-order valence-electron chi connectivity index (χ3n) is 3.29. The fourth-order valence-corrected chi connectivity index (χ4v) is 2.13. The molecule has 1 unspecified atom stereocenters. The highest BCUT2D eigenvalue weighted by Gasteiger charge is 2.16. The van der Waals surface area contributed by atoms with Crippen molar-refractivity contribution in [3.05, 3.63) is 53.0 Å². The van der Waals surface area contributed by atoms with Gasteiger partial charge in [-0.2, -0.15) is 0 Å². The van der Waals surface area contributed by atoms with E-state index in [1.165, 1.54) is 11.6 Å². The molecule has 1 aromatic carbocycles. The number of benzene rings is 1. The molecule has 0 radical (unpaired) electrons. The molecule has 21 heavy (non-hydrogen) atoms. The Morgan fingerprint density at radius 2 is 1.90 bits per heavy atom. The maximum atomic E-state index is 10.8. The molecular formula is C17H20O4. The summed E-state index contributed by atoms with van der Waals surface area (Å²) in [6.07, 6.45) is -0.347. The van der Waals surface area contributed by atoms with Gasteiger partial charge >= 0.3 is 5.97 Å². The molecule has 1 heterocycles. The molecule has 0 aliphatic rings. The van der Waals surface area contributed by atoms with Crippen LogP contribution in [-0.2, 0) is 0 Å². The Morgan fingerprint density at radius 3 is 2.48 bits per heavy atom. The SMILES string of the molecule is Cc1cc(OC(C)c2ccc(C(=O)O)o2)cc(C(C)C)c1. The van der Waals surface area contributed by atoms with E-state index in [-0.39, 0.29) is 11.9 Å². The molecule has 4 nitrogen and oxygen atoms in total. The number of ether oxygens (including phenoxy) is 1. The summed E-state index contributed by atoms with van der Waals surface area (Å²) in [7, 11) is 0. The molecule has 0 saturated carbocycles. The number of carboxylic acids is 1. The minimum atomic E-state index is -1.08. The smallest absolute Gasteiger partial charge is 0.371 e. The van der Waals surface area contributed by atoms with Crippen molar-refractivity contribution in [3.63, 3.8) is 0 Å². The predicted octanol–water partition coefficient (Wildman–Crippen LogP) is 4.55. The van der Waals surface area contributed by atoms with E-state index in [1.54, 1.807) is 6.07 Å². The highest BCUT2D eigenvalue weighted by molar-refractivity contribution is 5.84. The van der Waals surface area contributed by atoms with Gasteiger partial charge in [-0.3, -0.25) is 0 Å². The zero-order valence-corrected chi connectivity index (χ0v) is 12.7. The maximum Gasteiger partial charge on any atom is 0.371 e. The summed E-state index contributed by atoms with van der Waals surface area (Å²) in [6.45, 7) is 8.13. The normalized spacial score (nSPS) is 12.4. The molecule has 1 atom stereocenters. The molecule has 1 N–H and O–H groups in total. The van der Waals surface area contributed by atoms with Gasteiger partial charge in [0, 0.05) is 0 Å². The van der Waals surface area contributed by atoms with Gasteiger partial charge in [-0.1, -0.05) is 19.9 Å². The molecule has 0 bridgehead atoms. The molecule has 0 aliphatic heterocycles. The Kier molecular flexibility index (Phi) is 4.36. The van der Waals surface area contributed by atoms with E-state index in [0.29, 0.717) is 11.7 Å². The summed E-state index contributed by atoms with van der Waals surface area (Å²) in [5, 5.41) is 8.87. The Morgan fingerprint density at radius 1 is 1.19 bits per heavy atom. The first-order valence-electron chi connectivity index (χ1n) is 6.98. The number of aromatic carboxylic acids is 1. The van der Waals surface area contributed by atoms with Crippen LogP contribution in [0.25, 0.3) is 0 Å². The summed E-state index contributed by atoms with van der Waals surface area (Å²) < 4.78 is 11.1. The van der Waals surface area contributed by atoms with E-state index in [0.717, 1.165) is 11.3 Å². The van der Waals surface area contributed by atoms with Crippen LogP contribution in [0.2, 0.25) is 0 Å². The van der Waals surface area contributed by atoms with Crippen molar-refractivity contribution in [1.29, 1.82) is 0 Å². The Bertz CT molecular complexity index is 640. The molecule has 4 heteroatoms. The van der Waals surface area contributed by atoms with Crippen molar-refractivity contribution < 1.29 is 19.1 Å². The highest BCUT2D eigenvalue weighted by atomic mass is 16.5. The third-order valence-corrected chi connectivity index (χ3v) is 3.29. The van der Waals surface area contributed by atoms with Gasteiger partial charge in [0.2, 0.25) is 5.76 Å². The lowest BCUT2D eigenvalue weighted by Gasteiger charge is -2.15. The second kappa shape index (κ2) is 6.04. The van der Waals surface area contributed by atoms with Crippen LogP contribution >= 0.6 is 0 Å². The second-order valence-corrected chi connectivity index (χ2v) is 5.50. The van der Waals surface area contributed by atoms with E-state index < -0.39 is 5.97 Å². The van der Waals surface area contributed by atoms with Crippen LogP contribution in [0, 0.1) is 6.92 Å². The van der Waals surface area contributed by atoms with Gasteiger partial charge < -0.3 is 14.3 Å². The van der Waals surface area contributed by atoms with E-state index in [1.807, 2.05) is 26.0 Å². The summed E-state index contributed by atoms with van der Waals surface area (Å²) in [5.41, 5.74) is 2.34. The topological polar surface area (TPSA) is 59.7 Å². The summed E-state index contributed by atoms with van der Waals surface area (Å²) in [6, 6.07) is 9.18. The van der Waals surface area contributed by atoms with E-state index >= 15 is 0 Å². The maximum absolute atomic E-state index is 10.8. The fraction of sp³-hybridized carbons (Fsp3) is 0.353. The summed E-state index contributed by atoms with van der Waals surface area (Å²) in [4.78, 5) is 10.8. The Hall–Kier alpha value is -2.23. The number of rotatable bonds is 5. The van der Waals surface area contributed by atoms with Gasteiger partial charge in [0.1, 0.15) is 11.5 Å². The molecule has 1 aromatic heterocycles. The molecule has 112 valence electrons. The first-order chi connectivity index (χ1) is 9.86. The standard InChI is InChI=1S/C17H20O4/c1-10(2)13-7-11(3)8-14(9-13)20-12(4)15-5-6-16(21-15)17(18)19/h5-10,12H,1-4H3,(H,18,19). The fourth-order valence-electron chi connectivity index (χ4n) is 2.13. The van der Waals surface area contributed by atoms with E-state index in [4.69, 9.17) is 14.3 Å². The van der Waals surface area contributed by atoms with Gasteiger partial charge in [0.15, 0.2) is 6.10 Å². The van der Waals surface area contributed by atoms with Crippen LogP contribution in [0.4, 0.5) is 0 Å². The van der Waals surface area contributed by atoms with E-state index in [2.05, 4.69) is 19.9 Å². The van der Waals surface area contributed by atoms with Crippen molar-refractivity contribution in [2.24, 2.45) is 0 Å². The van der Waals surface area contributed by atoms with Crippen molar-refractivity contribution in [2.75, 3.05) is 0 Å². The number of carbonyl (C=O) groups is 1. The van der Waals surface area contributed by atoms with Crippen LogP contribution in [0.3, 0.4) is 0 Å². The molecule has 2 aromatic rings. The Labute approximate surface area is 124 Å². The third kappa shape index (κ3) is 3.66. The number of hydrogen-bond donors (Lipinski definition) is 1. The monoisotopic (exact) mass is 288 g/mol. The van der Waals surface area contributed by atoms with Gasteiger partial charge in [-0.05, 0) is 55.2 Å². The minimum Gasteiger partial charge on any atom is -0.483 e. The lowest BCUT2D eigenvalue weighted by atomic mass is 10.0. The molecule has 0 fully saturated rings. The average molecular weight is 288 g/mol. The molecular weight excluding hydrogens is 268 g/mol. The van der Waals surface area contributed by atoms with Gasteiger partial charge in [-0.25, -0.2) is 4.79 Å². The van der Waals surface area contributed by atoms with Crippen LogP contribution in [-0.4, -0.2) is 11.1 Å². The molecule has 0 aliphatic carbocycles. The number of furan rings is 1. The van der Waals surface area contributed by atoms with Crippen LogP contribution in [0.1, 0.15) is 60.2 Å². The number of aryl methyl sites for hydroxylation is 1. The summed E-state index contributed by atoms with van der Waals surface area (Å²) >= 11 is 0. The van der Waals surface area contributed by atoms with Crippen LogP contribution < -0.4 is 4.74 Å². The van der Waals surface area contributed by atoms with Crippen molar-refractivity contribution in [3.8, 4) is 5.75 Å². The molecule has 0 amide bonds. The predicted molar refractivity (Wildman–Crippen MR) is 80.0 cm³/mol. The lowest BCUT2D eigenvalue weighted by molar-refractivity contribution is 0.0655. The zero-order chi connectivity index (χ0) is 15.6. The van der Waals surface area contributed by atoms with Crippen LogP contribution in [0.15, 0.2) is 34.7 Å². The van der Waals surface area contributed by atoms with Crippen molar-refractivity contribution in [2.45, 2.75) is 39.7 Å². The highest BCUT2D eigenvalue weighted by Crippen LogP contribution is 2.27. The largest absolute Gasteiger partial charge is 0.483 e. The lowest BCUT2D eigenvalue weighted by Crippen LogP contribution is -2.03. The summed E-state index contributed by atoms with van der Waals surface area (Å²) in [5.74, 6) is 0.530. The number of carboxylic acid groups (broad SMARTS) is 1. The number of hydrogen-bond acceptors (Lipinski definition) is 3. The molecule has 2 rings (SSSR count). The quantitative estimate of drug-likeness (QED) is 0.876. The van der Waals surface area contributed by atoms with Crippen molar-refractivity contribution >= 4 is 5.97 Å². The van der Waals surface area contributed by atoms with Crippen LogP contribution in [0.5, 0.6) is 5.75 Å². The minimum absolute atomic E-state index is 0.0763. The second-order valence-electron chi connectivity index (χ2n) is 5.50. The first-order valence-corrected chi connectivity index (χ1v) is 6.98. The zero-order valence-electron chi connectivity index (χ0n) is 12.7. The van der Waals surface area contributed by atoms with Gasteiger partial charge in [-0.15, -0.1) is 0 Å². The van der Waals surface area contributed by atoms with Crippen molar-refractivity contribution in [1.82, 2.24) is 0 Å². The molecule has 0 saturated heterocycles. The first kappa shape index (κ1) is 15.2. The average Bonchev–Trinajstić information content (AvgIpc) is 2.87. The van der Waals surface area contributed by atoms with Gasteiger partial charge in [0.25, 0.3) is 0 Å². The van der Waals surface area contributed by atoms with E-state index in [9.17, 15) is 4.79 Å². The Balaban J connectivity index is 2.18. The molecule has 0 spiro atoms. The van der Waals surface area contributed by atoms with Gasteiger partial charge in [0.05, 0.1) is 0 Å².